The molecule has 3 rings (SSSR count). The van der Waals surface area contributed by atoms with Crippen molar-refractivity contribution in [1.82, 2.24) is 4.98 Å². The molecular weight excluding hydrogens is 440 g/mol. The summed E-state index contributed by atoms with van der Waals surface area (Å²) < 4.78 is 5.81. The standard InChI is InChI=1S/C22H23ClN2O3S2/c1-3-28-21(27)20-15(2)29-22(24-20)25(14-13-16-7-5-4-6-8-16)19(26)12-10-17-9-11-18(23)30-17/h4-9,11H,3,10,12-14H2,1-2H3. The van der Waals surface area contributed by atoms with E-state index in [0.717, 1.165) is 15.3 Å². The highest BCUT2D eigenvalue weighted by molar-refractivity contribution is 7.16. The SMILES string of the molecule is CCOC(=O)c1nc(N(CCc2ccccc2)C(=O)CCc2ccc(Cl)s2)sc1C. The maximum Gasteiger partial charge on any atom is 0.358 e. The van der Waals surface area contributed by atoms with Crippen LogP contribution in [0.15, 0.2) is 42.5 Å². The number of halogens is 1. The minimum absolute atomic E-state index is 0.0281. The van der Waals surface area contributed by atoms with Crippen molar-refractivity contribution in [3.8, 4) is 0 Å². The van der Waals surface area contributed by atoms with Gasteiger partial charge in [-0.25, -0.2) is 9.78 Å². The van der Waals surface area contributed by atoms with Crippen molar-refractivity contribution in [2.75, 3.05) is 18.1 Å². The van der Waals surface area contributed by atoms with Crippen molar-refractivity contribution in [1.29, 1.82) is 0 Å². The molecule has 0 saturated heterocycles. The van der Waals surface area contributed by atoms with Crippen molar-refractivity contribution in [2.45, 2.75) is 33.1 Å². The van der Waals surface area contributed by atoms with E-state index in [2.05, 4.69) is 4.98 Å². The number of hydrogen-bond acceptors (Lipinski definition) is 6. The third-order valence-electron chi connectivity index (χ3n) is 4.47. The van der Waals surface area contributed by atoms with E-state index in [-0.39, 0.29) is 18.2 Å². The second-order valence-electron chi connectivity index (χ2n) is 6.61. The second kappa shape index (κ2) is 10.7. The number of carbonyl (C=O) groups excluding carboxylic acids is 2. The first-order valence-electron chi connectivity index (χ1n) is 9.71. The van der Waals surface area contributed by atoms with Gasteiger partial charge in [0.1, 0.15) is 0 Å². The van der Waals surface area contributed by atoms with Crippen molar-refractivity contribution >= 4 is 51.3 Å². The lowest BCUT2D eigenvalue weighted by Crippen LogP contribution is -2.33. The van der Waals surface area contributed by atoms with Gasteiger partial charge in [-0.15, -0.1) is 22.7 Å². The van der Waals surface area contributed by atoms with E-state index < -0.39 is 5.97 Å². The highest BCUT2D eigenvalue weighted by Crippen LogP contribution is 2.28. The zero-order valence-electron chi connectivity index (χ0n) is 16.9. The first kappa shape index (κ1) is 22.5. The molecule has 30 heavy (non-hydrogen) atoms. The molecule has 0 bridgehead atoms. The van der Waals surface area contributed by atoms with Crippen LogP contribution in [0.25, 0.3) is 0 Å². The van der Waals surface area contributed by atoms with Crippen LogP contribution < -0.4 is 4.90 Å². The van der Waals surface area contributed by atoms with Crippen LogP contribution in [-0.2, 0) is 22.4 Å². The van der Waals surface area contributed by atoms with Gasteiger partial charge in [-0.1, -0.05) is 41.9 Å². The van der Waals surface area contributed by atoms with Crippen molar-refractivity contribution in [3.05, 3.63) is 67.8 Å². The Morgan fingerprint density at radius 3 is 2.53 bits per heavy atom. The van der Waals surface area contributed by atoms with Crippen LogP contribution in [0.2, 0.25) is 4.34 Å². The normalized spacial score (nSPS) is 10.8. The molecule has 1 amide bonds. The van der Waals surface area contributed by atoms with Crippen LogP contribution in [0, 0.1) is 6.92 Å². The fraction of sp³-hybridized carbons (Fsp3) is 0.318. The van der Waals surface area contributed by atoms with Crippen LogP contribution in [0.3, 0.4) is 0 Å². The van der Waals surface area contributed by atoms with Gasteiger partial charge in [-0.3, -0.25) is 9.69 Å². The number of carbonyl (C=O) groups is 2. The van der Waals surface area contributed by atoms with E-state index >= 15 is 0 Å². The molecular formula is C22H23ClN2O3S2. The highest BCUT2D eigenvalue weighted by atomic mass is 35.5. The van der Waals surface area contributed by atoms with Gasteiger partial charge in [-0.2, -0.15) is 0 Å². The molecule has 0 aliphatic carbocycles. The number of aryl methyl sites for hydroxylation is 2. The molecule has 2 aromatic heterocycles. The Bertz CT molecular complexity index is 1000. The van der Waals surface area contributed by atoms with E-state index in [1.54, 1.807) is 11.8 Å². The van der Waals surface area contributed by atoms with Gasteiger partial charge in [0.05, 0.1) is 10.9 Å². The number of rotatable bonds is 9. The highest BCUT2D eigenvalue weighted by Gasteiger charge is 2.24. The number of hydrogen-bond donors (Lipinski definition) is 0. The molecule has 0 N–H and O–H groups in total. The fourth-order valence-corrected chi connectivity index (χ4v) is 4.98. The Balaban J connectivity index is 1.78. The summed E-state index contributed by atoms with van der Waals surface area (Å²) >= 11 is 8.82. The smallest absolute Gasteiger partial charge is 0.358 e. The van der Waals surface area contributed by atoms with Gasteiger partial charge < -0.3 is 4.74 Å². The average molecular weight is 463 g/mol. The van der Waals surface area contributed by atoms with Gasteiger partial charge in [0.15, 0.2) is 10.8 Å². The molecule has 0 radical (unpaired) electrons. The molecule has 0 atom stereocenters. The zero-order chi connectivity index (χ0) is 21.5. The van der Waals surface area contributed by atoms with Crippen molar-refractivity contribution < 1.29 is 14.3 Å². The molecule has 0 spiro atoms. The van der Waals surface area contributed by atoms with Gasteiger partial charge in [0.2, 0.25) is 5.91 Å². The largest absolute Gasteiger partial charge is 0.461 e. The molecule has 0 saturated carbocycles. The lowest BCUT2D eigenvalue weighted by molar-refractivity contribution is -0.118. The summed E-state index contributed by atoms with van der Waals surface area (Å²) in [6.45, 7) is 4.35. The monoisotopic (exact) mass is 462 g/mol. The van der Waals surface area contributed by atoms with E-state index in [9.17, 15) is 9.59 Å². The number of thiazole rings is 1. The Kier molecular flexibility index (Phi) is 8.01. The van der Waals surface area contributed by atoms with E-state index in [0.29, 0.717) is 35.3 Å². The summed E-state index contributed by atoms with van der Waals surface area (Å²) in [6, 6.07) is 13.8. The number of benzene rings is 1. The Hall–Kier alpha value is -2.22. The number of aromatic nitrogens is 1. The number of anilines is 1. The van der Waals surface area contributed by atoms with E-state index in [4.69, 9.17) is 16.3 Å². The van der Waals surface area contributed by atoms with Crippen molar-refractivity contribution in [3.63, 3.8) is 0 Å². The van der Waals surface area contributed by atoms with Gasteiger partial charge in [-0.05, 0) is 44.4 Å². The lowest BCUT2D eigenvalue weighted by Gasteiger charge is -2.20. The van der Waals surface area contributed by atoms with Gasteiger partial charge >= 0.3 is 5.97 Å². The third kappa shape index (κ3) is 5.90. The molecule has 0 fully saturated rings. The molecule has 0 aliphatic heterocycles. The van der Waals surface area contributed by atoms with Crippen LogP contribution in [0.4, 0.5) is 5.13 Å². The second-order valence-corrected chi connectivity index (χ2v) is 9.59. The predicted molar refractivity (Wildman–Crippen MR) is 123 cm³/mol. The Morgan fingerprint density at radius 2 is 1.87 bits per heavy atom. The van der Waals surface area contributed by atoms with Crippen LogP contribution in [0.1, 0.15) is 39.2 Å². The molecule has 2 heterocycles. The summed E-state index contributed by atoms with van der Waals surface area (Å²) in [5, 5.41) is 0.528. The summed E-state index contributed by atoms with van der Waals surface area (Å²) in [7, 11) is 0. The number of nitrogens with zero attached hydrogens (tertiary/aromatic N) is 2. The minimum Gasteiger partial charge on any atom is -0.461 e. The van der Waals surface area contributed by atoms with Crippen LogP contribution in [-0.4, -0.2) is 30.0 Å². The minimum atomic E-state index is -0.457. The Labute approximate surface area is 189 Å². The van der Waals surface area contributed by atoms with Crippen LogP contribution >= 0.6 is 34.3 Å². The quantitative estimate of drug-likeness (QED) is 0.391. The Morgan fingerprint density at radius 1 is 1.10 bits per heavy atom. The zero-order valence-corrected chi connectivity index (χ0v) is 19.3. The molecule has 0 aliphatic rings. The number of amides is 1. The predicted octanol–water partition coefficient (Wildman–Crippen LogP) is 5.55. The maximum absolute atomic E-state index is 13.1. The first-order valence-corrected chi connectivity index (χ1v) is 11.7. The molecule has 1 aromatic carbocycles. The molecule has 5 nitrogen and oxygen atoms in total. The molecule has 0 unspecified atom stereocenters. The van der Waals surface area contributed by atoms with E-state index in [1.807, 2.05) is 49.4 Å². The summed E-state index contributed by atoms with van der Waals surface area (Å²) in [4.78, 5) is 33.2. The molecule has 8 heteroatoms. The average Bonchev–Trinajstić information content (AvgIpc) is 3.33. The molecule has 158 valence electrons. The van der Waals surface area contributed by atoms with Crippen LogP contribution in [0.5, 0.6) is 0 Å². The number of thiophene rings is 1. The molecule has 3 aromatic rings. The maximum atomic E-state index is 13.1. The van der Waals surface area contributed by atoms with Gasteiger partial charge in [0.25, 0.3) is 0 Å². The van der Waals surface area contributed by atoms with E-state index in [1.165, 1.54) is 22.7 Å². The summed E-state index contributed by atoms with van der Waals surface area (Å²) in [5.41, 5.74) is 1.42. The summed E-state index contributed by atoms with van der Waals surface area (Å²) in [6.07, 6.45) is 1.66. The number of ether oxygens (including phenoxy) is 1. The van der Waals surface area contributed by atoms with Crippen molar-refractivity contribution in [2.24, 2.45) is 0 Å². The first-order chi connectivity index (χ1) is 14.5. The fourth-order valence-electron chi connectivity index (χ4n) is 2.95. The third-order valence-corrected chi connectivity index (χ3v) is 6.75. The lowest BCUT2D eigenvalue weighted by atomic mass is 10.1. The van der Waals surface area contributed by atoms with Gasteiger partial charge in [0, 0.05) is 22.7 Å². The number of esters is 1. The topological polar surface area (TPSA) is 59.5 Å². The summed E-state index contributed by atoms with van der Waals surface area (Å²) in [5.74, 6) is -0.485.